The van der Waals surface area contributed by atoms with Gasteiger partial charge in [-0.3, -0.25) is 4.99 Å². The lowest BCUT2D eigenvalue weighted by Gasteiger charge is -2.37. The number of hydrogen-bond donors (Lipinski definition) is 1. The van der Waals surface area contributed by atoms with Crippen molar-refractivity contribution in [2.45, 2.75) is 18.4 Å². The molecule has 0 radical (unpaired) electrons. The van der Waals surface area contributed by atoms with E-state index < -0.39 is 0 Å². The maximum atomic E-state index is 4.53. The van der Waals surface area contributed by atoms with Gasteiger partial charge in [0.25, 0.3) is 0 Å². The zero-order valence-electron chi connectivity index (χ0n) is 14.8. The molecule has 1 aliphatic heterocycles. The van der Waals surface area contributed by atoms with Crippen LogP contribution < -0.4 is 10.2 Å². The van der Waals surface area contributed by atoms with Gasteiger partial charge >= 0.3 is 0 Å². The quantitative estimate of drug-likeness (QED) is 0.692. The Hall–Kier alpha value is -2.49. The van der Waals surface area contributed by atoms with Crippen LogP contribution in [0.15, 0.2) is 65.7 Å². The van der Waals surface area contributed by atoms with Crippen LogP contribution in [-0.4, -0.2) is 50.1 Å². The summed E-state index contributed by atoms with van der Waals surface area (Å²) in [6, 6.07) is 22.0. The first-order valence-electron chi connectivity index (χ1n) is 9.18. The fourth-order valence-corrected chi connectivity index (χ4v) is 3.70. The van der Waals surface area contributed by atoms with Gasteiger partial charge in [-0.25, -0.2) is 0 Å². The number of anilines is 1. The summed E-state index contributed by atoms with van der Waals surface area (Å²) in [5, 5.41) is 3.67. The average molecular weight is 334 g/mol. The monoisotopic (exact) mass is 334 g/mol. The van der Waals surface area contributed by atoms with Gasteiger partial charge in [0.2, 0.25) is 0 Å². The number of rotatable bonds is 3. The summed E-state index contributed by atoms with van der Waals surface area (Å²) in [5.74, 6) is 1.68. The van der Waals surface area contributed by atoms with E-state index in [4.69, 9.17) is 0 Å². The Morgan fingerprint density at radius 1 is 0.920 bits per heavy atom. The number of piperazine rings is 1. The molecule has 1 heterocycles. The van der Waals surface area contributed by atoms with Crippen molar-refractivity contribution < 1.29 is 0 Å². The Labute approximate surface area is 150 Å². The molecule has 2 aliphatic rings. The molecule has 1 aliphatic carbocycles. The van der Waals surface area contributed by atoms with Gasteiger partial charge in [0.15, 0.2) is 5.96 Å². The van der Waals surface area contributed by atoms with Crippen LogP contribution in [0.1, 0.15) is 17.9 Å². The van der Waals surface area contributed by atoms with E-state index in [-0.39, 0.29) is 0 Å². The molecule has 130 valence electrons. The van der Waals surface area contributed by atoms with E-state index in [1.807, 2.05) is 7.05 Å². The summed E-state index contributed by atoms with van der Waals surface area (Å²) in [6.07, 6.45) is 1.20. The second-order valence-electron chi connectivity index (χ2n) is 6.86. The van der Waals surface area contributed by atoms with E-state index >= 15 is 0 Å². The SMILES string of the molecule is CN=C(NC1CC1c1ccccc1)N1CCN(c2ccccc2)CC1. The van der Waals surface area contributed by atoms with Crippen molar-refractivity contribution in [3.63, 3.8) is 0 Å². The van der Waals surface area contributed by atoms with Crippen LogP contribution >= 0.6 is 0 Å². The van der Waals surface area contributed by atoms with Crippen LogP contribution in [0.3, 0.4) is 0 Å². The molecule has 4 rings (SSSR count). The summed E-state index contributed by atoms with van der Waals surface area (Å²) >= 11 is 0. The standard InChI is InChI=1S/C21H26N4/c1-22-21(23-20-16-19(20)17-8-4-2-5-9-17)25-14-12-24(13-15-25)18-10-6-3-7-11-18/h2-11,19-20H,12-16H2,1H3,(H,22,23). The zero-order valence-corrected chi connectivity index (χ0v) is 14.8. The number of guanidine groups is 1. The predicted octanol–water partition coefficient (Wildman–Crippen LogP) is 2.94. The third-order valence-electron chi connectivity index (χ3n) is 5.25. The van der Waals surface area contributed by atoms with E-state index in [1.54, 1.807) is 0 Å². The van der Waals surface area contributed by atoms with E-state index in [9.17, 15) is 0 Å². The molecular weight excluding hydrogens is 308 g/mol. The minimum Gasteiger partial charge on any atom is -0.368 e. The lowest BCUT2D eigenvalue weighted by atomic mass is 10.1. The van der Waals surface area contributed by atoms with Crippen LogP contribution in [0, 0.1) is 0 Å². The maximum absolute atomic E-state index is 4.53. The highest BCUT2D eigenvalue weighted by Crippen LogP contribution is 2.40. The smallest absolute Gasteiger partial charge is 0.194 e. The molecule has 1 saturated carbocycles. The summed E-state index contributed by atoms with van der Waals surface area (Å²) in [7, 11) is 1.89. The Kier molecular flexibility index (Phi) is 4.59. The lowest BCUT2D eigenvalue weighted by Crippen LogP contribution is -2.53. The molecule has 2 fully saturated rings. The fraction of sp³-hybridized carbons (Fsp3) is 0.381. The van der Waals surface area contributed by atoms with Crippen LogP contribution in [0.4, 0.5) is 5.69 Å². The first-order valence-corrected chi connectivity index (χ1v) is 9.18. The van der Waals surface area contributed by atoms with E-state index in [2.05, 4.69) is 80.8 Å². The normalized spacial score (nSPS) is 23.5. The molecule has 2 unspecified atom stereocenters. The van der Waals surface area contributed by atoms with Gasteiger partial charge in [0.1, 0.15) is 0 Å². The fourth-order valence-electron chi connectivity index (χ4n) is 3.70. The molecule has 0 bridgehead atoms. The first-order chi connectivity index (χ1) is 12.3. The van der Waals surface area contributed by atoms with Crippen molar-refractivity contribution >= 4 is 11.6 Å². The number of para-hydroxylation sites is 1. The van der Waals surface area contributed by atoms with Crippen LogP contribution in [0.2, 0.25) is 0 Å². The van der Waals surface area contributed by atoms with Crippen molar-refractivity contribution in [1.29, 1.82) is 0 Å². The molecule has 2 aromatic carbocycles. The van der Waals surface area contributed by atoms with Gasteiger partial charge in [0, 0.05) is 50.9 Å². The van der Waals surface area contributed by atoms with E-state index in [1.165, 1.54) is 17.7 Å². The average Bonchev–Trinajstić information content (AvgIpc) is 3.47. The second kappa shape index (κ2) is 7.18. The molecule has 1 N–H and O–H groups in total. The molecule has 0 amide bonds. The van der Waals surface area contributed by atoms with Crippen LogP contribution in [-0.2, 0) is 0 Å². The van der Waals surface area contributed by atoms with Gasteiger partial charge < -0.3 is 15.1 Å². The Morgan fingerprint density at radius 3 is 2.20 bits per heavy atom. The second-order valence-corrected chi connectivity index (χ2v) is 6.86. The number of aliphatic imine (C=N–C) groups is 1. The first kappa shape index (κ1) is 16.0. The molecule has 0 aromatic heterocycles. The van der Waals surface area contributed by atoms with Crippen molar-refractivity contribution in [1.82, 2.24) is 10.2 Å². The van der Waals surface area contributed by atoms with Gasteiger partial charge in [-0.05, 0) is 24.1 Å². The minimum absolute atomic E-state index is 0.522. The van der Waals surface area contributed by atoms with Crippen molar-refractivity contribution in [3.05, 3.63) is 66.2 Å². The van der Waals surface area contributed by atoms with Gasteiger partial charge in [-0.2, -0.15) is 0 Å². The number of benzene rings is 2. The topological polar surface area (TPSA) is 30.9 Å². The lowest BCUT2D eigenvalue weighted by molar-refractivity contribution is 0.372. The van der Waals surface area contributed by atoms with Gasteiger partial charge in [-0.1, -0.05) is 48.5 Å². The Morgan fingerprint density at radius 2 is 1.56 bits per heavy atom. The highest BCUT2D eigenvalue weighted by atomic mass is 15.4. The molecular formula is C21H26N4. The molecule has 1 saturated heterocycles. The highest BCUT2D eigenvalue weighted by Gasteiger charge is 2.39. The summed E-state index contributed by atoms with van der Waals surface area (Å²) in [6.45, 7) is 4.10. The predicted molar refractivity (Wildman–Crippen MR) is 104 cm³/mol. The summed E-state index contributed by atoms with van der Waals surface area (Å²) < 4.78 is 0. The van der Waals surface area contributed by atoms with Crippen LogP contribution in [0.5, 0.6) is 0 Å². The molecule has 25 heavy (non-hydrogen) atoms. The Balaban J connectivity index is 1.31. The van der Waals surface area contributed by atoms with Crippen molar-refractivity contribution in [3.8, 4) is 0 Å². The zero-order chi connectivity index (χ0) is 17.1. The van der Waals surface area contributed by atoms with Gasteiger partial charge in [-0.15, -0.1) is 0 Å². The molecule has 2 aromatic rings. The van der Waals surface area contributed by atoms with Crippen molar-refractivity contribution in [2.24, 2.45) is 4.99 Å². The molecule has 4 nitrogen and oxygen atoms in total. The molecule has 0 spiro atoms. The van der Waals surface area contributed by atoms with Crippen LogP contribution in [0.25, 0.3) is 0 Å². The maximum Gasteiger partial charge on any atom is 0.194 e. The number of hydrogen-bond acceptors (Lipinski definition) is 2. The third kappa shape index (κ3) is 3.63. The van der Waals surface area contributed by atoms with E-state index in [0.717, 1.165) is 32.1 Å². The van der Waals surface area contributed by atoms with E-state index in [0.29, 0.717) is 12.0 Å². The Bertz CT molecular complexity index is 705. The molecule has 2 atom stereocenters. The number of nitrogens with zero attached hydrogens (tertiary/aromatic N) is 3. The highest BCUT2D eigenvalue weighted by molar-refractivity contribution is 5.81. The largest absolute Gasteiger partial charge is 0.368 e. The number of nitrogens with one attached hydrogen (secondary N) is 1. The molecule has 4 heteroatoms. The van der Waals surface area contributed by atoms with Gasteiger partial charge in [0.05, 0.1) is 0 Å². The van der Waals surface area contributed by atoms with Crippen molar-refractivity contribution in [2.75, 3.05) is 38.1 Å². The summed E-state index contributed by atoms with van der Waals surface area (Å²) in [4.78, 5) is 9.37. The third-order valence-corrected chi connectivity index (χ3v) is 5.25. The summed E-state index contributed by atoms with van der Waals surface area (Å²) in [5.41, 5.74) is 2.75. The minimum atomic E-state index is 0.522.